The molecule has 0 aliphatic rings. The second-order valence-electron chi connectivity index (χ2n) is 4.74. The van der Waals surface area contributed by atoms with Crippen molar-refractivity contribution < 1.29 is 0 Å². The van der Waals surface area contributed by atoms with E-state index < -0.39 is 0 Å². The Balaban J connectivity index is 1.86. The molecule has 2 rings (SSSR count). The number of anilines is 2. The first kappa shape index (κ1) is 14.0. The molecule has 0 aromatic heterocycles. The van der Waals surface area contributed by atoms with Crippen LogP contribution in [0.4, 0.5) is 11.4 Å². The van der Waals surface area contributed by atoms with Crippen LogP contribution in [0, 0.1) is 11.8 Å². The minimum absolute atomic E-state index is 0.335. The van der Waals surface area contributed by atoms with Crippen molar-refractivity contribution in [1.29, 1.82) is 0 Å². The van der Waals surface area contributed by atoms with Crippen LogP contribution in [0.1, 0.15) is 18.9 Å². The zero-order valence-electron chi connectivity index (χ0n) is 12.0. The fraction of sp³-hybridized carbons (Fsp3) is 0.222. The molecule has 0 aliphatic carbocycles. The van der Waals surface area contributed by atoms with Gasteiger partial charge in [-0.25, -0.2) is 0 Å². The van der Waals surface area contributed by atoms with Crippen molar-refractivity contribution in [3.05, 3.63) is 60.2 Å². The molecule has 0 saturated carbocycles. The maximum absolute atomic E-state index is 3.43. The standard InChI is InChI=1S/C18H20N2/c1-15(20-18-9-4-3-5-10-18)7-6-8-16-11-13-17(19-2)14-12-16/h3-5,9-15,19-20H,7H2,1-2H3. The molecular weight excluding hydrogens is 244 g/mol. The molecule has 2 aromatic rings. The molecule has 20 heavy (non-hydrogen) atoms. The highest BCUT2D eigenvalue weighted by molar-refractivity contribution is 5.48. The Morgan fingerprint density at radius 1 is 0.950 bits per heavy atom. The van der Waals surface area contributed by atoms with Crippen molar-refractivity contribution in [3.8, 4) is 11.8 Å². The average Bonchev–Trinajstić information content (AvgIpc) is 2.49. The molecule has 0 heterocycles. The lowest BCUT2D eigenvalue weighted by Gasteiger charge is -2.11. The third-order valence-corrected chi connectivity index (χ3v) is 3.00. The fourth-order valence-corrected chi connectivity index (χ4v) is 1.90. The molecule has 0 aliphatic heterocycles. The van der Waals surface area contributed by atoms with Gasteiger partial charge in [0.1, 0.15) is 0 Å². The molecule has 0 fully saturated rings. The molecule has 2 aromatic carbocycles. The van der Waals surface area contributed by atoms with Crippen molar-refractivity contribution in [2.24, 2.45) is 0 Å². The molecule has 2 nitrogen and oxygen atoms in total. The van der Waals surface area contributed by atoms with E-state index in [1.807, 2.05) is 49.5 Å². The maximum atomic E-state index is 3.43. The smallest absolute Gasteiger partial charge is 0.0342 e. The second-order valence-corrected chi connectivity index (χ2v) is 4.74. The number of benzene rings is 2. The Morgan fingerprint density at radius 2 is 1.65 bits per heavy atom. The monoisotopic (exact) mass is 264 g/mol. The lowest BCUT2D eigenvalue weighted by atomic mass is 10.1. The number of hydrogen-bond acceptors (Lipinski definition) is 2. The van der Waals surface area contributed by atoms with Crippen molar-refractivity contribution >= 4 is 11.4 Å². The zero-order valence-corrected chi connectivity index (χ0v) is 12.0. The average molecular weight is 264 g/mol. The van der Waals surface area contributed by atoms with Crippen molar-refractivity contribution in [2.45, 2.75) is 19.4 Å². The lowest BCUT2D eigenvalue weighted by Crippen LogP contribution is -2.13. The largest absolute Gasteiger partial charge is 0.388 e. The van der Waals surface area contributed by atoms with E-state index in [1.165, 1.54) is 0 Å². The summed E-state index contributed by atoms with van der Waals surface area (Å²) in [6.07, 6.45) is 0.822. The van der Waals surface area contributed by atoms with Gasteiger partial charge in [-0.15, -0.1) is 0 Å². The van der Waals surface area contributed by atoms with E-state index in [0.717, 1.165) is 23.4 Å². The number of hydrogen-bond donors (Lipinski definition) is 2. The van der Waals surface area contributed by atoms with Crippen LogP contribution >= 0.6 is 0 Å². The van der Waals surface area contributed by atoms with Gasteiger partial charge in [0, 0.05) is 36.4 Å². The fourth-order valence-electron chi connectivity index (χ4n) is 1.90. The minimum atomic E-state index is 0.335. The van der Waals surface area contributed by atoms with Crippen molar-refractivity contribution in [2.75, 3.05) is 17.7 Å². The third kappa shape index (κ3) is 4.37. The molecule has 1 unspecified atom stereocenters. The molecule has 0 bridgehead atoms. The Hall–Kier alpha value is -2.40. The summed E-state index contributed by atoms with van der Waals surface area (Å²) in [6.45, 7) is 2.14. The molecule has 1 atom stereocenters. The Kier molecular flexibility index (Phi) is 5.08. The molecular formula is C18H20N2. The van der Waals surface area contributed by atoms with Gasteiger partial charge in [0.2, 0.25) is 0 Å². The van der Waals surface area contributed by atoms with E-state index in [-0.39, 0.29) is 0 Å². The lowest BCUT2D eigenvalue weighted by molar-refractivity contribution is 0.828. The topological polar surface area (TPSA) is 24.1 Å². The quantitative estimate of drug-likeness (QED) is 0.816. The van der Waals surface area contributed by atoms with E-state index in [4.69, 9.17) is 0 Å². The summed E-state index contributed by atoms with van der Waals surface area (Å²) in [6, 6.07) is 18.7. The van der Waals surface area contributed by atoms with Gasteiger partial charge in [-0.05, 0) is 43.3 Å². The summed E-state index contributed by atoms with van der Waals surface area (Å²) >= 11 is 0. The summed E-state index contributed by atoms with van der Waals surface area (Å²) in [5.41, 5.74) is 3.30. The molecule has 2 heteroatoms. The van der Waals surface area contributed by atoms with Crippen LogP contribution in [-0.2, 0) is 0 Å². The molecule has 0 spiro atoms. The van der Waals surface area contributed by atoms with E-state index in [2.05, 4.69) is 41.5 Å². The number of nitrogens with one attached hydrogen (secondary N) is 2. The van der Waals surface area contributed by atoms with Crippen LogP contribution in [-0.4, -0.2) is 13.1 Å². The van der Waals surface area contributed by atoms with Crippen molar-refractivity contribution in [3.63, 3.8) is 0 Å². The Morgan fingerprint density at radius 3 is 2.30 bits per heavy atom. The van der Waals surface area contributed by atoms with Crippen LogP contribution in [0.2, 0.25) is 0 Å². The zero-order chi connectivity index (χ0) is 14.2. The highest BCUT2D eigenvalue weighted by atomic mass is 14.9. The Bertz CT molecular complexity index is 576. The van der Waals surface area contributed by atoms with E-state index in [1.54, 1.807) is 0 Å². The maximum Gasteiger partial charge on any atom is 0.0342 e. The SMILES string of the molecule is CNc1ccc(C#CCC(C)Nc2ccccc2)cc1. The van der Waals surface area contributed by atoms with Crippen LogP contribution in [0.5, 0.6) is 0 Å². The number of rotatable bonds is 4. The number of para-hydroxylation sites is 1. The summed E-state index contributed by atoms with van der Waals surface area (Å²) in [4.78, 5) is 0. The normalized spacial score (nSPS) is 11.1. The first-order valence-corrected chi connectivity index (χ1v) is 6.86. The molecule has 0 amide bonds. The van der Waals surface area contributed by atoms with E-state index >= 15 is 0 Å². The predicted octanol–water partition coefficient (Wildman–Crippen LogP) is 3.97. The minimum Gasteiger partial charge on any atom is -0.388 e. The van der Waals surface area contributed by atoms with Gasteiger partial charge >= 0.3 is 0 Å². The first-order valence-electron chi connectivity index (χ1n) is 6.86. The summed E-state index contributed by atoms with van der Waals surface area (Å²) in [7, 11) is 1.91. The van der Waals surface area contributed by atoms with E-state index in [9.17, 15) is 0 Å². The summed E-state index contributed by atoms with van der Waals surface area (Å²) < 4.78 is 0. The first-order chi connectivity index (χ1) is 9.78. The Labute approximate surface area is 121 Å². The van der Waals surface area contributed by atoms with Gasteiger partial charge in [0.25, 0.3) is 0 Å². The van der Waals surface area contributed by atoms with Gasteiger partial charge in [-0.2, -0.15) is 0 Å². The van der Waals surface area contributed by atoms with E-state index in [0.29, 0.717) is 6.04 Å². The van der Waals surface area contributed by atoms with Gasteiger partial charge in [0.05, 0.1) is 0 Å². The third-order valence-electron chi connectivity index (χ3n) is 3.00. The van der Waals surface area contributed by atoms with Crippen LogP contribution in [0.25, 0.3) is 0 Å². The van der Waals surface area contributed by atoms with Crippen LogP contribution < -0.4 is 10.6 Å². The highest BCUT2D eigenvalue weighted by Gasteiger charge is 1.98. The molecule has 0 radical (unpaired) electrons. The predicted molar refractivity (Wildman–Crippen MR) is 87.0 cm³/mol. The molecule has 2 N–H and O–H groups in total. The van der Waals surface area contributed by atoms with Crippen LogP contribution in [0.3, 0.4) is 0 Å². The summed E-state index contributed by atoms with van der Waals surface area (Å²) in [5, 5.41) is 6.53. The van der Waals surface area contributed by atoms with Crippen LogP contribution in [0.15, 0.2) is 54.6 Å². The van der Waals surface area contributed by atoms with Gasteiger partial charge < -0.3 is 10.6 Å². The molecule has 0 saturated heterocycles. The summed E-state index contributed by atoms with van der Waals surface area (Å²) in [5.74, 6) is 6.42. The van der Waals surface area contributed by atoms with Gasteiger partial charge in [-0.3, -0.25) is 0 Å². The van der Waals surface area contributed by atoms with Crippen molar-refractivity contribution in [1.82, 2.24) is 0 Å². The second kappa shape index (κ2) is 7.25. The molecule has 102 valence electrons. The highest BCUT2D eigenvalue weighted by Crippen LogP contribution is 2.09. The van der Waals surface area contributed by atoms with Gasteiger partial charge in [-0.1, -0.05) is 30.0 Å². The van der Waals surface area contributed by atoms with Gasteiger partial charge in [0.15, 0.2) is 0 Å².